The van der Waals surface area contributed by atoms with Crippen molar-refractivity contribution in [1.82, 2.24) is 20.1 Å². The first-order valence-corrected chi connectivity index (χ1v) is 9.81. The highest BCUT2D eigenvalue weighted by atomic mass is 16.5. The van der Waals surface area contributed by atoms with Gasteiger partial charge in [0.15, 0.2) is 0 Å². The summed E-state index contributed by atoms with van der Waals surface area (Å²) < 4.78 is 10.8. The topological polar surface area (TPSA) is 101 Å². The quantitative estimate of drug-likeness (QED) is 0.711. The lowest BCUT2D eigenvalue weighted by Crippen LogP contribution is -2.38. The van der Waals surface area contributed by atoms with Gasteiger partial charge in [-0.25, -0.2) is 0 Å². The molecule has 4 rings (SSSR count). The number of amides is 1. The second-order valence-corrected chi connectivity index (χ2v) is 7.39. The van der Waals surface area contributed by atoms with Gasteiger partial charge in [-0.1, -0.05) is 0 Å². The molecule has 8 heteroatoms. The minimum Gasteiger partial charge on any atom is -0.497 e. The van der Waals surface area contributed by atoms with Gasteiger partial charge in [0.1, 0.15) is 5.75 Å². The summed E-state index contributed by atoms with van der Waals surface area (Å²) in [5.41, 5.74) is 1.21. The first-order valence-electron chi connectivity index (χ1n) is 9.81. The van der Waals surface area contributed by atoms with Gasteiger partial charge >= 0.3 is 0 Å². The molecule has 0 saturated carbocycles. The highest BCUT2D eigenvalue weighted by Gasteiger charge is 2.27. The summed E-state index contributed by atoms with van der Waals surface area (Å²) in [6.07, 6.45) is 2.33. The molecule has 2 aromatic heterocycles. The lowest BCUT2D eigenvalue weighted by Gasteiger charge is -2.30. The number of hydrogen-bond acceptors (Lipinski definition) is 6. The molecule has 1 amide bonds. The van der Waals surface area contributed by atoms with Crippen LogP contribution < -0.4 is 10.3 Å². The molecule has 29 heavy (non-hydrogen) atoms. The third kappa shape index (κ3) is 4.16. The molecule has 0 bridgehead atoms. The number of aromatic nitrogens is 3. The summed E-state index contributed by atoms with van der Waals surface area (Å²) in [6.45, 7) is 3.10. The van der Waals surface area contributed by atoms with E-state index >= 15 is 0 Å². The van der Waals surface area contributed by atoms with Gasteiger partial charge in [-0.3, -0.25) is 9.59 Å². The van der Waals surface area contributed by atoms with Crippen LogP contribution in [0.4, 0.5) is 0 Å². The third-order valence-corrected chi connectivity index (χ3v) is 5.48. The van der Waals surface area contributed by atoms with Crippen LogP contribution in [0.25, 0.3) is 10.9 Å². The molecule has 3 aromatic rings. The predicted molar refractivity (Wildman–Crippen MR) is 107 cm³/mol. The number of H-pyrrole nitrogens is 1. The summed E-state index contributed by atoms with van der Waals surface area (Å²) in [6, 6.07) is 7.34. The lowest BCUT2D eigenvalue weighted by molar-refractivity contribution is -0.132. The number of pyridine rings is 1. The summed E-state index contributed by atoms with van der Waals surface area (Å²) in [4.78, 5) is 29.7. The van der Waals surface area contributed by atoms with Crippen molar-refractivity contribution in [3.05, 3.63) is 52.0 Å². The number of benzene rings is 1. The van der Waals surface area contributed by atoms with Gasteiger partial charge < -0.3 is 19.0 Å². The van der Waals surface area contributed by atoms with Crippen LogP contribution in [0.1, 0.15) is 42.5 Å². The average Bonchev–Trinajstić information content (AvgIpc) is 3.18. The highest BCUT2D eigenvalue weighted by Crippen LogP contribution is 2.27. The molecule has 8 nitrogen and oxygen atoms in total. The van der Waals surface area contributed by atoms with Crippen molar-refractivity contribution in [2.24, 2.45) is 0 Å². The average molecular weight is 396 g/mol. The van der Waals surface area contributed by atoms with Crippen LogP contribution >= 0.6 is 0 Å². The summed E-state index contributed by atoms with van der Waals surface area (Å²) >= 11 is 0. The number of aromatic amines is 1. The number of carbonyl (C=O) groups is 1. The number of rotatable bonds is 5. The first-order chi connectivity index (χ1) is 14.0. The monoisotopic (exact) mass is 396 g/mol. The Kier molecular flexibility index (Phi) is 5.33. The molecule has 0 atom stereocenters. The van der Waals surface area contributed by atoms with Crippen LogP contribution in [0.5, 0.6) is 5.75 Å². The molecule has 0 radical (unpaired) electrons. The number of methoxy groups -OCH3 is 1. The lowest BCUT2D eigenvalue weighted by atomic mass is 9.96. The molecular formula is C21H24N4O4. The van der Waals surface area contributed by atoms with Crippen molar-refractivity contribution in [3.8, 4) is 5.75 Å². The van der Waals surface area contributed by atoms with E-state index in [0.29, 0.717) is 43.3 Å². The molecule has 0 unspecified atom stereocenters. The standard InChI is InChI=1S/C21H24N4O4/c1-13-23-24-21(29-13)14-7-9-25(10-8-14)19(26)6-3-15-11-16-12-17(28-2)4-5-18(16)22-20(15)27/h4-5,11-12,14H,3,6-10H2,1-2H3,(H,22,27). The van der Waals surface area contributed by atoms with Crippen molar-refractivity contribution < 1.29 is 13.9 Å². The van der Waals surface area contributed by atoms with E-state index in [9.17, 15) is 9.59 Å². The zero-order chi connectivity index (χ0) is 20.4. The first kappa shape index (κ1) is 19.2. The van der Waals surface area contributed by atoms with Gasteiger partial charge in [0.2, 0.25) is 17.7 Å². The number of carbonyl (C=O) groups excluding carboxylic acids is 1. The van der Waals surface area contributed by atoms with E-state index in [1.807, 2.05) is 23.1 Å². The van der Waals surface area contributed by atoms with Crippen LogP contribution in [0.2, 0.25) is 0 Å². The van der Waals surface area contributed by atoms with Gasteiger partial charge in [-0.15, -0.1) is 10.2 Å². The molecule has 1 fully saturated rings. The maximum atomic E-state index is 12.6. The predicted octanol–water partition coefficient (Wildman–Crippen LogP) is 2.57. The van der Waals surface area contributed by atoms with Gasteiger partial charge in [-0.2, -0.15) is 0 Å². The van der Waals surface area contributed by atoms with Crippen LogP contribution in [-0.2, 0) is 11.2 Å². The number of hydrogen-bond donors (Lipinski definition) is 1. The fourth-order valence-electron chi connectivity index (χ4n) is 3.79. The Morgan fingerprint density at radius 3 is 2.76 bits per heavy atom. The van der Waals surface area contributed by atoms with Crippen LogP contribution in [-0.4, -0.2) is 46.2 Å². The van der Waals surface area contributed by atoms with Gasteiger partial charge in [0.25, 0.3) is 5.56 Å². The number of piperidine rings is 1. The number of aryl methyl sites for hydroxylation is 2. The second kappa shape index (κ2) is 8.06. The number of ether oxygens (including phenoxy) is 1. The summed E-state index contributed by atoms with van der Waals surface area (Å²) in [5, 5.41) is 8.87. The molecule has 1 aromatic carbocycles. The smallest absolute Gasteiger partial charge is 0.251 e. The number of nitrogens with zero attached hydrogens (tertiary/aromatic N) is 3. The zero-order valence-corrected chi connectivity index (χ0v) is 16.6. The van der Waals surface area contributed by atoms with Gasteiger partial charge in [0, 0.05) is 48.8 Å². The largest absolute Gasteiger partial charge is 0.497 e. The van der Waals surface area contributed by atoms with Crippen molar-refractivity contribution >= 4 is 16.8 Å². The fourth-order valence-corrected chi connectivity index (χ4v) is 3.79. The Balaban J connectivity index is 1.37. The van der Waals surface area contributed by atoms with E-state index in [4.69, 9.17) is 9.15 Å². The molecule has 1 N–H and O–H groups in total. The van der Waals surface area contributed by atoms with E-state index in [0.717, 1.165) is 29.5 Å². The SMILES string of the molecule is COc1ccc2[nH]c(=O)c(CCC(=O)N3CCC(c4nnc(C)o4)CC3)cc2c1. The van der Waals surface area contributed by atoms with E-state index < -0.39 is 0 Å². The second-order valence-electron chi connectivity index (χ2n) is 7.39. The van der Waals surface area contributed by atoms with Crippen molar-refractivity contribution in [2.75, 3.05) is 20.2 Å². The van der Waals surface area contributed by atoms with Crippen molar-refractivity contribution in [3.63, 3.8) is 0 Å². The summed E-state index contributed by atoms with van der Waals surface area (Å²) in [7, 11) is 1.61. The molecular weight excluding hydrogens is 372 g/mol. The molecule has 1 aliphatic rings. The van der Waals surface area contributed by atoms with E-state index in [1.165, 1.54) is 0 Å². The van der Waals surface area contributed by atoms with Crippen LogP contribution in [0, 0.1) is 6.92 Å². The Hall–Kier alpha value is -3.16. The van der Waals surface area contributed by atoms with Crippen molar-refractivity contribution in [2.45, 2.75) is 38.5 Å². The zero-order valence-electron chi connectivity index (χ0n) is 16.6. The number of nitrogens with one attached hydrogen (secondary N) is 1. The molecule has 1 aliphatic heterocycles. The molecule has 3 heterocycles. The highest BCUT2D eigenvalue weighted by molar-refractivity contribution is 5.81. The Labute approximate surface area is 167 Å². The van der Waals surface area contributed by atoms with E-state index in [-0.39, 0.29) is 17.4 Å². The molecule has 152 valence electrons. The normalized spacial score (nSPS) is 15.0. The maximum Gasteiger partial charge on any atom is 0.251 e. The molecule has 0 aliphatic carbocycles. The number of likely N-dealkylation sites (tertiary alicyclic amines) is 1. The van der Waals surface area contributed by atoms with Gasteiger partial charge in [0.05, 0.1) is 7.11 Å². The Bertz CT molecular complexity index is 1080. The van der Waals surface area contributed by atoms with Crippen molar-refractivity contribution in [1.29, 1.82) is 0 Å². The van der Waals surface area contributed by atoms with Crippen LogP contribution in [0.15, 0.2) is 33.5 Å². The van der Waals surface area contributed by atoms with E-state index in [1.54, 1.807) is 20.1 Å². The minimum atomic E-state index is -0.152. The molecule has 0 spiro atoms. The Morgan fingerprint density at radius 1 is 1.28 bits per heavy atom. The Morgan fingerprint density at radius 2 is 2.07 bits per heavy atom. The number of fused-ring (bicyclic) bond motifs is 1. The minimum absolute atomic E-state index is 0.0651. The van der Waals surface area contributed by atoms with Gasteiger partial charge in [-0.05, 0) is 43.5 Å². The molecule has 1 saturated heterocycles. The fraction of sp³-hybridized carbons (Fsp3) is 0.429. The summed E-state index contributed by atoms with van der Waals surface area (Å²) in [5.74, 6) is 2.23. The third-order valence-electron chi connectivity index (χ3n) is 5.48. The maximum absolute atomic E-state index is 12.6. The van der Waals surface area contributed by atoms with Crippen LogP contribution in [0.3, 0.4) is 0 Å². The van der Waals surface area contributed by atoms with E-state index in [2.05, 4.69) is 15.2 Å².